The van der Waals surface area contributed by atoms with Crippen LogP contribution in [0, 0.1) is 0 Å². The van der Waals surface area contributed by atoms with Gasteiger partial charge >= 0.3 is 0 Å². The number of benzene rings is 2. The molecule has 0 aliphatic heterocycles. The van der Waals surface area contributed by atoms with Crippen LogP contribution in [0.15, 0.2) is 47.5 Å². The average Bonchev–Trinajstić information content (AvgIpc) is 2.96. The minimum atomic E-state index is -0.111. The van der Waals surface area contributed by atoms with E-state index < -0.39 is 0 Å². The van der Waals surface area contributed by atoms with E-state index in [0.717, 1.165) is 28.1 Å². The molecule has 3 rings (SSSR count). The number of carbonyl (C=O) groups is 1. The third-order valence-electron chi connectivity index (χ3n) is 3.86. The van der Waals surface area contributed by atoms with Crippen LogP contribution in [-0.2, 0) is 17.6 Å². The lowest BCUT2D eigenvalue weighted by Gasteiger charge is -2.01. The van der Waals surface area contributed by atoms with Crippen LogP contribution in [0.25, 0.3) is 10.2 Å². The zero-order valence-corrected chi connectivity index (χ0v) is 17.4. The van der Waals surface area contributed by atoms with Crippen molar-refractivity contribution in [1.29, 1.82) is 0 Å². The number of aromatic nitrogens is 1. The molecule has 136 valence electrons. The Morgan fingerprint density at radius 1 is 1.15 bits per heavy atom. The molecule has 26 heavy (non-hydrogen) atoms. The summed E-state index contributed by atoms with van der Waals surface area (Å²) >= 11 is 15.7. The first-order valence-corrected chi connectivity index (χ1v) is 10.9. The lowest BCUT2D eigenvalue weighted by molar-refractivity contribution is -0.118. The zero-order chi connectivity index (χ0) is 18.5. The number of thiazole rings is 1. The van der Waals surface area contributed by atoms with E-state index in [0.29, 0.717) is 21.3 Å². The molecular formula is C19H18Cl2N2OS2. The maximum absolute atomic E-state index is 12.2. The van der Waals surface area contributed by atoms with Crippen molar-refractivity contribution >= 4 is 62.4 Å². The van der Waals surface area contributed by atoms with Gasteiger partial charge in [0, 0.05) is 19.2 Å². The van der Waals surface area contributed by atoms with Gasteiger partial charge in [-0.15, -0.1) is 0 Å². The summed E-state index contributed by atoms with van der Waals surface area (Å²) in [6.45, 7) is 0. The van der Waals surface area contributed by atoms with E-state index in [1.807, 2.05) is 41.6 Å². The summed E-state index contributed by atoms with van der Waals surface area (Å²) in [5, 5.41) is 1.23. The van der Waals surface area contributed by atoms with Gasteiger partial charge in [0.05, 0.1) is 20.3 Å². The third-order valence-corrected chi connectivity index (χ3v) is 6.87. The van der Waals surface area contributed by atoms with Crippen molar-refractivity contribution in [3.05, 3.63) is 62.9 Å². The molecule has 0 unspecified atom stereocenters. The fourth-order valence-corrected chi connectivity index (χ4v) is 5.13. The van der Waals surface area contributed by atoms with Crippen LogP contribution < -0.4 is 4.80 Å². The minimum Gasteiger partial charge on any atom is -0.318 e. The molecule has 0 saturated heterocycles. The van der Waals surface area contributed by atoms with E-state index >= 15 is 0 Å². The molecule has 0 fully saturated rings. The summed E-state index contributed by atoms with van der Waals surface area (Å²) in [6, 6.07) is 13.9. The molecule has 0 saturated carbocycles. The molecule has 0 aliphatic carbocycles. The number of rotatable bonds is 6. The fourth-order valence-electron chi connectivity index (χ4n) is 2.54. The topological polar surface area (TPSA) is 34.4 Å². The molecule has 3 aromatic rings. The second-order valence-electron chi connectivity index (χ2n) is 5.80. The molecule has 0 radical (unpaired) electrons. The average molecular weight is 425 g/mol. The van der Waals surface area contributed by atoms with E-state index in [2.05, 4.69) is 17.1 Å². The number of hydrogen-bond donors (Lipinski definition) is 0. The van der Waals surface area contributed by atoms with Gasteiger partial charge in [-0.05, 0) is 29.9 Å². The quantitative estimate of drug-likeness (QED) is 0.476. The van der Waals surface area contributed by atoms with Crippen molar-refractivity contribution in [1.82, 2.24) is 4.57 Å². The SMILES string of the molecule is Cn1c(=NC(=O)CCCSCc2ccccc2)sc2c(Cl)ccc(Cl)c21. The van der Waals surface area contributed by atoms with Crippen molar-refractivity contribution in [2.24, 2.45) is 12.0 Å². The number of carbonyl (C=O) groups excluding carboxylic acids is 1. The standard InChI is InChI=1S/C19H18Cl2N2OS2/c1-23-17-14(20)9-10-15(21)18(17)26-19(23)22-16(24)8-5-11-25-12-13-6-3-2-4-7-13/h2-4,6-7,9-10H,5,8,11-12H2,1H3. The molecule has 3 nitrogen and oxygen atoms in total. The summed E-state index contributed by atoms with van der Waals surface area (Å²) in [5.41, 5.74) is 2.12. The van der Waals surface area contributed by atoms with Gasteiger partial charge in [-0.3, -0.25) is 4.79 Å². The van der Waals surface area contributed by atoms with Gasteiger partial charge in [0.2, 0.25) is 5.91 Å². The molecular weight excluding hydrogens is 407 g/mol. The Morgan fingerprint density at radius 2 is 1.88 bits per heavy atom. The largest absolute Gasteiger partial charge is 0.318 e. The van der Waals surface area contributed by atoms with Gasteiger partial charge in [-0.25, -0.2) is 0 Å². The second kappa shape index (κ2) is 9.09. The normalized spacial score (nSPS) is 12.0. The minimum absolute atomic E-state index is 0.111. The number of fused-ring (bicyclic) bond motifs is 1. The molecule has 7 heteroatoms. The van der Waals surface area contributed by atoms with Crippen LogP contribution in [0.3, 0.4) is 0 Å². The first-order valence-electron chi connectivity index (χ1n) is 8.19. The van der Waals surface area contributed by atoms with Crippen LogP contribution in [0.5, 0.6) is 0 Å². The number of halogens is 2. The van der Waals surface area contributed by atoms with E-state index in [4.69, 9.17) is 23.2 Å². The van der Waals surface area contributed by atoms with Crippen molar-refractivity contribution in [3.63, 3.8) is 0 Å². The van der Waals surface area contributed by atoms with Gasteiger partial charge in [0.25, 0.3) is 0 Å². The lowest BCUT2D eigenvalue weighted by Crippen LogP contribution is -2.13. The number of nitrogens with zero attached hydrogens (tertiary/aromatic N) is 2. The Labute approximate surface area is 170 Å². The van der Waals surface area contributed by atoms with Crippen LogP contribution in [0.2, 0.25) is 10.0 Å². The van der Waals surface area contributed by atoms with Gasteiger partial charge in [-0.1, -0.05) is 64.9 Å². The maximum Gasteiger partial charge on any atom is 0.248 e. The van der Waals surface area contributed by atoms with Crippen molar-refractivity contribution < 1.29 is 4.79 Å². The summed E-state index contributed by atoms with van der Waals surface area (Å²) in [6.07, 6.45) is 1.26. The highest BCUT2D eigenvalue weighted by atomic mass is 35.5. The van der Waals surface area contributed by atoms with Gasteiger partial charge in [0.1, 0.15) is 0 Å². The summed E-state index contributed by atoms with van der Waals surface area (Å²) in [7, 11) is 1.85. The van der Waals surface area contributed by atoms with Gasteiger partial charge < -0.3 is 4.57 Å². The molecule has 0 atom stereocenters. The molecule has 2 aromatic carbocycles. The number of amides is 1. The maximum atomic E-state index is 12.2. The molecule has 1 amide bonds. The van der Waals surface area contributed by atoms with E-state index in [9.17, 15) is 4.79 Å². The first-order chi connectivity index (χ1) is 12.6. The molecule has 0 bridgehead atoms. The summed E-state index contributed by atoms with van der Waals surface area (Å²) in [4.78, 5) is 17.1. The van der Waals surface area contributed by atoms with Crippen LogP contribution >= 0.6 is 46.3 Å². The Morgan fingerprint density at radius 3 is 2.62 bits per heavy atom. The predicted molar refractivity (Wildman–Crippen MR) is 113 cm³/mol. The third kappa shape index (κ3) is 4.71. The van der Waals surface area contributed by atoms with E-state index in [1.165, 1.54) is 16.9 Å². The van der Waals surface area contributed by atoms with E-state index in [1.54, 1.807) is 12.1 Å². The summed E-state index contributed by atoms with van der Waals surface area (Å²) in [5.74, 6) is 1.79. The summed E-state index contributed by atoms with van der Waals surface area (Å²) < 4.78 is 2.68. The Balaban J connectivity index is 1.59. The Bertz CT molecular complexity index is 980. The van der Waals surface area contributed by atoms with Gasteiger partial charge in [0.15, 0.2) is 4.80 Å². The van der Waals surface area contributed by atoms with Crippen LogP contribution in [-0.4, -0.2) is 16.2 Å². The number of aryl methyl sites for hydroxylation is 1. The van der Waals surface area contributed by atoms with Crippen molar-refractivity contribution in [2.45, 2.75) is 18.6 Å². The number of thioether (sulfide) groups is 1. The number of hydrogen-bond acceptors (Lipinski definition) is 3. The van der Waals surface area contributed by atoms with Crippen molar-refractivity contribution in [3.8, 4) is 0 Å². The van der Waals surface area contributed by atoms with Crippen molar-refractivity contribution in [2.75, 3.05) is 5.75 Å². The monoisotopic (exact) mass is 424 g/mol. The molecule has 1 heterocycles. The van der Waals surface area contributed by atoms with Crippen LogP contribution in [0.1, 0.15) is 18.4 Å². The van der Waals surface area contributed by atoms with Crippen LogP contribution in [0.4, 0.5) is 0 Å². The molecule has 0 spiro atoms. The highest BCUT2D eigenvalue weighted by Gasteiger charge is 2.11. The molecule has 1 aromatic heterocycles. The van der Waals surface area contributed by atoms with Gasteiger partial charge in [-0.2, -0.15) is 16.8 Å². The predicted octanol–water partition coefficient (Wildman–Crippen LogP) is 5.69. The Kier molecular flexibility index (Phi) is 6.81. The van der Waals surface area contributed by atoms with E-state index in [-0.39, 0.29) is 5.91 Å². The zero-order valence-electron chi connectivity index (χ0n) is 14.2. The highest BCUT2D eigenvalue weighted by molar-refractivity contribution is 7.98. The smallest absolute Gasteiger partial charge is 0.248 e. The molecule has 0 aliphatic rings. The first kappa shape index (κ1) is 19.5. The fraction of sp³-hybridized carbons (Fsp3) is 0.263. The molecule has 0 N–H and O–H groups in total. The lowest BCUT2D eigenvalue weighted by atomic mass is 10.2. The Hall–Kier alpha value is -1.27. The highest BCUT2D eigenvalue weighted by Crippen LogP contribution is 2.31. The second-order valence-corrected chi connectivity index (χ2v) is 8.69.